The summed E-state index contributed by atoms with van der Waals surface area (Å²) < 4.78 is 5.00. The first-order chi connectivity index (χ1) is 8.60. The van der Waals surface area contributed by atoms with Crippen LogP contribution in [0.2, 0.25) is 5.15 Å². The monoisotopic (exact) mass is 268 g/mol. The first kappa shape index (κ1) is 14.7. The molecular formula is C12H17ClN4O. The Kier molecular flexibility index (Phi) is 5.83. The lowest BCUT2D eigenvalue weighted by Gasteiger charge is -2.23. The molecule has 1 aromatic heterocycles. The molecule has 1 rings (SSSR count). The standard InChI is InChI=1S/C12H17ClN4O/c1-4-17(7-9(2)6-14)12-5-10(13)15-11(16-12)8-18-3/h5,9H,4,7-8H2,1-3H3. The van der Waals surface area contributed by atoms with Crippen molar-refractivity contribution in [2.75, 3.05) is 25.1 Å². The highest BCUT2D eigenvalue weighted by atomic mass is 35.5. The summed E-state index contributed by atoms with van der Waals surface area (Å²) in [7, 11) is 1.58. The number of nitrogens with zero attached hydrogens (tertiary/aromatic N) is 4. The van der Waals surface area contributed by atoms with Gasteiger partial charge in [0.05, 0.1) is 12.0 Å². The normalized spacial score (nSPS) is 11.9. The van der Waals surface area contributed by atoms with Crippen molar-refractivity contribution in [3.63, 3.8) is 0 Å². The van der Waals surface area contributed by atoms with Gasteiger partial charge in [0.25, 0.3) is 0 Å². The summed E-state index contributed by atoms with van der Waals surface area (Å²) in [5, 5.41) is 9.25. The predicted octanol–water partition coefficient (Wildman–Crippen LogP) is 2.26. The average Bonchev–Trinajstić information content (AvgIpc) is 2.35. The second kappa shape index (κ2) is 7.14. The SMILES string of the molecule is CCN(CC(C)C#N)c1cc(Cl)nc(COC)n1. The lowest BCUT2D eigenvalue weighted by molar-refractivity contribution is 0.178. The van der Waals surface area contributed by atoms with Crippen molar-refractivity contribution in [2.24, 2.45) is 5.92 Å². The molecular weight excluding hydrogens is 252 g/mol. The van der Waals surface area contributed by atoms with E-state index in [-0.39, 0.29) is 5.92 Å². The summed E-state index contributed by atoms with van der Waals surface area (Å²) in [6, 6.07) is 3.91. The van der Waals surface area contributed by atoms with Crippen molar-refractivity contribution in [1.82, 2.24) is 9.97 Å². The highest BCUT2D eigenvalue weighted by molar-refractivity contribution is 6.29. The number of rotatable bonds is 6. The summed E-state index contributed by atoms with van der Waals surface area (Å²) in [6.45, 7) is 5.58. The van der Waals surface area contributed by atoms with E-state index in [1.807, 2.05) is 18.7 Å². The quantitative estimate of drug-likeness (QED) is 0.741. The Labute approximate surface area is 112 Å². The molecule has 0 aliphatic carbocycles. The van der Waals surface area contributed by atoms with E-state index in [1.54, 1.807) is 13.2 Å². The van der Waals surface area contributed by atoms with E-state index in [0.717, 1.165) is 12.4 Å². The fourth-order valence-corrected chi connectivity index (χ4v) is 1.76. The van der Waals surface area contributed by atoms with Crippen LogP contribution in [0.25, 0.3) is 0 Å². The molecule has 0 N–H and O–H groups in total. The molecule has 0 aromatic carbocycles. The van der Waals surface area contributed by atoms with Crippen molar-refractivity contribution >= 4 is 17.4 Å². The average molecular weight is 269 g/mol. The van der Waals surface area contributed by atoms with Crippen molar-refractivity contribution in [2.45, 2.75) is 20.5 Å². The second-order valence-corrected chi connectivity index (χ2v) is 4.35. The van der Waals surface area contributed by atoms with Crippen LogP contribution in [-0.4, -0.2) is 30.2 Å². The maximum absolute atomic E-state index is 8.86. The smallest absolute Gasteiger partial charge is 0.158 e. The van der Waals surface area contributed by atoms with Crippen LogP contribution in [0.5, 0.6) is 0 Å². The molecule has 0 bridgehead atoms. The second-order valence-electron chi connectivity index (χ2n) is 3.97. The molecule has 0 amide bonds. The van der Waals surface area contributed by atoms with Crippen LogP contribution in [0.15, 0.2) is 6.07 Å². The fourth-order valence-electron chi connectivity index (χ4n) is 1.56. The van der Waals surface area contributed by atoms with E-state index in [2.05, 4.69) is 16.0 Å². The van der Waals surface area contributed by atoms with Gasteiger partial charge in [0, 0.05) is 26.3 Å². The largest absolute Gasteiger partial charge is 0.377 e. The zero-order valence-corrected chi connectivity index (χ0v) is 11.6. The van der Waals surface area contributed by atoms with E-state index >= 15 is 0 Å². The summed E-state index contributed by atoms with van der Waals surface area (Å²) >= 11 is 5.96. The molecule has 0 fully saturated rings. The maximum Gasteiger partial charge on any atom is 0.158 e. The van der Waals surface area contributed by atoms with E-state index in [1.165, 1.54) is 0 Å². The molecule has 0 saturated carbocycles. The van der Waals surface area contributed by atoms with Gasteiger partial charge < -0.3 is 9.64 Å². The van der Waals surface area contributed by atoms with Crippen molar-refractivity contribution in [1.29, 1.82) is 5.26 Å². The lowest BCUT2D eigenvalue weighted by Crippen LogP contribution is -2.29. The van der Waals surface area contributed by atoms with Crippen LogP contribution in [0.4, 0.5) is 5.82 Å². The van der Waals surface area contributed by atoms with Gasteiger partial charge in [-0.2, -0.15) is 5.26 Å². The van der Waals surface area contributed by atoms with Gasteiger partial charge in [-0.25, -0.2) is 9.97 Å². The minimum Gasteiger partial charge on any atom is -0.377 e. The van der Waals surface area contributed by atoms with Gasteiger partial charge in [0.2, 0.25) is 0 Å². The minimum atomic E-state index is -0.0652. The third-order valence-corrected chi connectivity index (χ3v) is 2.62. The maximum atomic E-state index is 8.86. The Bertz CT molecular complexity index is 433. The first-order valence-corrected chi connectivity index (χ1v) is 6.15. The van der Waals surface area contributed by atoms with Crippen LogP contribution in [0, 0.1) is 17.2 Å². The van der Waals surface area contributed by atoms with Gasteiger partial charge in [-0.15, -0.1) is 0 Å². The summed E-state index contributed by atoms with van der Waals surface area (Å²) in [4.78, 5) is 10.5. The fraction of sp³-hybridized carbons (Fsp3) is 0.583. The number of anilines is 1. The van der Waals surface area contributed by atoms with Crippen LogP contribution < -0.4 is 4.90 Å². The summed E-state index contributed by atoms with van der Waals surface area (Å²) in [5.41, 5.74) is 0. The van der Waals surface area contributed by atoms with E-state index in [4.69, 9.17) is 21.6 Å². The van der Waals surface area contributed by atoms with E-state index < -0.39 is 0 Å². The lowest BCUT2D eigenvalue weighted by atomic mass is 10.2. The van der Waals surface area contributed by atoms with Gasteiger partial charge in [-0.05, 0) is 13.8 Å². The molecule has 0 aliphatic rings. The molecule has 18 heavy (non-hydrogen) atoms. The Morgan fingerprint density at radius 2 is 2.28 bits per heavy atom. The van der Waals surface area contributed by atoms with Crippen molar-refractivity contribution < 1.29 is 4.74 Å². The Morgan fingerprint density at radius 1 is 1.56 bits per heavy atom. The number of ether oxygens (including phenoxy) is 1. The number of nitriles is 1. The number of hydrogen-bond acceptors (Lipinski definition) is 5. The molecule has 0 aliphatic heterocycles. The van der Waals surface area contributed by atoms with Gasteiger partial charge in [0.1, 0.15) is 17.6 Å². The Balaban J connectivity index is 2.94. The third-order valence-electron chi connectivity index (χ3n) is 2.42. The number of aromatic nitrogens is 2. The first-order valence-electron chi connectivity index (χ1n) is 5.77. The zero-order valence-electron chi connectivity index (χ0n) is 10.9. The highest BCUT2D eigenvalue weighted by Gasteiger charge is 2.12. The molecule has 1 unspecified atom stereocenters. The third kappa shape index (κ3) is 4.13. The van der Waals surface area contributed by atoms with E-state index in [9.17, 15) is 0 Å². The minimum absolute atomic E-state index is 0.0652. The number of halogens is 1. The Hall–Kier alpha value is -1.38. The highest BCUT2D eigenvalue weighted by Crippen LogP contribution is 2.17. The molecule has 0 saturated heterocycles. The topological polar surface area (TPSA) is 62.0 Å². The molecule has 1 atom stereocenters. The van der Waals surface area contributed by atoms with Crippen LogP contribution in [-0.2, 0) is 11.3 Å². The molecule has 0 spiro atoms. The van der Waals surface area contributed by atoms with Crippen LogP contribution in [0.3, 0.4) is 0 Å². The van der Waals surface area contributed by atoms with E-state index in [0.29, 0.717) is 24.1 Å². The molecule has 6 heteroatoms. The summed E-state index contributed by atoms with van der Waals surface area (Å²) in [6.07, 6.45) is 0. The summed E-state index contributed by atoms with van der Waals surface area (Å²) in [5.74, 6) is 1.21. The molecule has 98 valence electrons. The van der Waals surface area contributed by atoms with Crippen molar-refractivity contribution in [3.8, 4) is 6.07 Å². The van der Waals surface area contributed by atoms with Gasteiger partial charge >= 0.3 is 0 Å². The van der Waals surface area contributed by atoms with Gasteiger partial charge in [0.15, 0.2) is 5.82 Å². The molecule has 0 radical (unpaired) electrons. The van der Waals surface area contributed by atoms with Gasteiger partial charge in [-0.1, -0.05) is 11.6 Å². The molecule has 1 heterocycles. The Morgan fingerprint density at radius 3 is 2.83 bits per heavy atom. The number of methoxy groups -OCH3 is 1. The zero-order chi connectivity index (χ0) is 13.5. The van der Waals surface area contributed by atoms with Crippen LogP contribution in [0.1, 0.15) is 19.7 Å². The number of hydrogen-bond donors (Lipinski definition) is 0. The molecule has 5 nitrogen and oxygen atoms in total. The molecule has 1 aromatic rings. The predicted molar refractivity (Wildman–Crippen MR) is 70.4 cm³/mol. The van der Waals surface area contributed by atoms with Gasteiger partial charge in [-0.3, -0.25) is 0 Å². The van der Waals surface area contributed by atoms with Crippen LogP contribution >= 0.6 is 11.6 Å². The van der Waals surface area contributed by atoms with Crippen molar-refractivity contribution in [3.05, 3.63) is 17.0 Å².